The fourth-order valence-electron chi connectivity index (χ4n) is 3.30. The summed E-state index contributed by atoms with van der Waals surface area (Å²) < 4.78 is 13.3. The minimum atomic E-state index is -0.155. The van der Waals surface area contributed by atoms with Crippen LogP contribution in [0.3, 0.4) is 0 Å². The number of benzene rings is 2. The number of aliphatic hydroxyl groups excluding tert-OH is 1. The zero-order valence-electron chi connectivity index (χ0n) is 15.0. The van der Waals surface area contributed by atoms with Gasteiger partial charge in [0.15, 0.2) is 0 Å². The average molecular weight is 342 g/mol. The van der Waals surface area contributed by atoms with E-state index in [4.69, 9.17) is 0 Å². The van der Waals surface area contributed by atoms with Crippen molar-refractivity contribution < 1.29 is 9.50 Å². The Bertz CT molecular complexity index is 694. The minimum absolute atomic E-state index is 0.144. The quantitative estimate of drug-likeness (QED) is 0.864. The third kappa shape index (κ3) is 4.59. The van der Waals surface area contributed by atoms with Crippen LogP contribution in [0.25, 0.3) is 0 Å². The Morgan fingerprint density at radius 2 is 1.84 bits per heavy atom. The van der Waals surface area contributed by atoms with Crippen LogP contribution in [0, 0.1) is 12.7 Å². The van der Waals surface area contributed by atoms with E-state index < -0.39 is 0 Å². The zero-order valence-corrected chi connectivity index (χ0v) is 15.0. The first-order valence-corrected chi connectivity index (χ1v) is 9.04. The van der Waals surface area contributed by atoms with Crippen molar-refractivity contribution in [2.75, 3.05) is 18.0 Å². The molecule has 3 rings (SSSR count). The fraction of sp³-hybridized carbons (Fsp3) is 0.429. The molecule has 0 amide bonds. The van der Waals surface area contributed by atoms with Crippen molar-refractivity contribution in [2.45, 2.75) is 45.4 Å². The van der Waals surface area contributed by atoms with E-state index >= 15 is 0 Å². The summed E-state index contributed by atoms with van der Waals surface area (Å²) in [7, 11) is 0. The average Bonchev–Trinajstić information content (AvgIpc) is 2.63. The lowest BCUT2D eigenvalue weighted by molar-refractivity contribution is 0.145. The Kier molecular flexibility index (Phi) is 5.71. The molecule has 1 aliphatic rings. The molecule has 0 spiro atoms. The van der Waals surface area contributed by atoms with Crippen molar-refractivity contribution in [2.24, 2.45) is 0 Å². The maximum Gasteiger partial charge on any atom is 0.126 e. The molecule has 1 unspecified atom stereocenters. The van der Waals surface area contributed by atoms with Crippen molar-refractivity contribution in [3.8, 4) is 0 Å². The maximum atomic E-state index is 13.3. The van der Waals surface area contributed by atoms with Crippen molar-refractivity contribution in [3.05, 3.63) is 65.0 Å². The van der Waals surface area contributed by atoms with Crippen LogP contribution in [0.2, 0.25) is 0 Å². The summed E-state index contributed by atoms with van der Waals surface area (Å²) in [6.07, 6.45) is 1.54. The number of hydrogen-bond acceptors (Lipinski definition) is 3. The molecule has 1 saturated heterocycles. The Morgan fingerprint density at radius 1 is 1.16 bits per heavy atom. The van der Waals surface area contributed by atoms with Gasteiger partial charge in [-0.2, -0.15) is 0 Å². The molecule has 1 heterocycles. The summed E-state index contributed by atoms with van der Waals surface area (Å²) in [6, 6.07) is 14.1. The van der Waals surface area contributed by atoms with Gasteiger partial charge in [-0.1, -0.05) is 24.3 Å². The van der Waals surface area contributed by atoms with Crippen molar-refractivity contribution in [1.82, 2.24) is 5.32 Å². The van der Waals surface area contributed by atoms with Gasteiger partial charge in [0.2, 0.25) is 0 Å². The molecule has 1 atom stereocenters. The van der Waals surface area contributed by atoms with Gasteiger partial charge in [0.25, 0.3) is 0 Å². The Labute approximate surface area is 149 Å². The highest BCUT2D eigenvalue weighted by atomic mass is 19.1. The standard InChI is InChI=1S/C21H27FN2O/c1-15-13-17(3-8-21(15)22)14-23-16(2)18-4-6-19(7-5-18)24-11-9-20(25)10-12-24/h3-8,13,16,20,23,25H,9-12,14H2,1-2H3. The molecular formula is C21H27FN2O. The molecular weight excluding hydrogens is 315 g/mol. The van der Waals surface area contributed by atoms with E-state index in [0.29, 0.717) is 12.1 Å². The molecule has 2 aromatic carbocycles. The smallest absolute Gasteiger partial charge is 0.126 e. The van der Waals surface area contributed by atoms with Gasteiger partial charge in [0.05, 0.1) is 6.10 Å². The van der Waals surface area contributed by atoms with Crippen LogP contribution in [0.4, 0.5) is 10.1 Å². The number of hydrogen-bond donors (Lipinski definition) is 2. The van der Waals surface area contributed by atoms with E-state index in [1.54, 1.807) is 6.92 Å². The van der Waals surface area contributed by atoms with E-state index in [1.807, 2.05) is 12.1 Å². The number of aliphatic hydroxyl groups is 1. The van der Waals surface area contributed by atoms with Gasteiger partial charge in [0.1, 0.15) is 5.82 Å². The zero-order chi connectivity index (χ0) is 17.8. The van der Waals surface area contributed by atoms with Crippen LogP contribution in [0.5, 0.6) is 0 Å². The summed E-state index contributed by atoms with van der Waals surface area (Å²) >= 11 is 0. The van der Waals surface area contributed by atoms with Crippen LogP contribution < -0.4 is 10.2 Å². The van der Waals surface area contributed by atoms with Crippen molar-refractivity contribution >= 4 is 5.69 Å². The van der Waals surface area contributed by atoms with Crippen LogP contribution in [-0.4, -0.2) is 24.3 Å². The number of rotatable bonds is 5. The fourth-order valence-corrected chi connectivity index (χ4v) is 3.30. The monoisotopic (exact) mass is 342 g/mol. The Hall–Kier alpha value is -1.91. The first kappa shape index (κ1) is 17.9. The van der Waals surface area contributed by atoms with Crippen LogP contribution >= 0.6 is 0 Å². The van der Waals surface area contributed by atoms with Crippen molar-refractivity contribution in [3.63, 3.8) is 0 Å². The molecule has 0 bridgehead atoms. The van der Waals surface area contributed by atoms with Gasteiger partial charge in [-0.15, -0.1) is 0 Å². The normalized spacial score (nSPS) is 16.9. The molecule has 1 fully saturated rings. The third-order valence-corrected chi connectivity index (χ3v) is 5.06. The van der Waals surface area contributed by atoms with Gasteiger partial charge >= 0.3 is 0 Å². The first-order valence-electron chi connectivity index (χ1n) is 9.04. The van der Waals surface area contributed by atoms with Gasteiger partial charge in [-0.05, 0) is 61.6 Å². The summed E-state index contributed by atoms with van der Waals surface area (Å²) in [4.78, 5) is 2.33. The predicted molar refractivity (Wildman–Crippen MR) is 100 cm³/mol. The van der Waals surface area contributed by atoms with E-state index in [0.717, 1.165) is 31.5 Å². The number of piperidine rings is 1. The van der Waals surface area contributed by atoms with E-state index in [1.165, 1.54) is 17.3 Å². The second-order valence-electron chi connectivity index (χ2n) is 7.00. The lowest BCUT2D eigenvalue weighted by Gasteiger charge is -2.31. The van der Waals surface area contributed by atoms with Crippen LogP contribution in [0.15, 0.2) is 42.5 Å². The number of nitrogens with zero attached hydrogens (tertiary/aromatic N) is 1. The third-order valence-electron chi connectivity index (χ3n) is 5.06. The highest BCUT2D eigenvalue weighted by Crippen LogP contribution is 2.23. The number of halogens is 1. The molecule has 25 heavy (non-hydrogen) atoms. The van der Waals surface area contributed by atoms with E-state index in [-0.39, 0.29) is 18.0 Å². The highest BCUT2D eigenvalue weighted by Gasteiger charge is 2.17. The Morgan fingerprint density at radius 3 is 2.48 bits per heavy atom. The van der Waals surface area contributed by atoms with Gasteiger partial charge in [-0.25, -0.2) is 4.39 Å². The molecule has 0 radical (unpaired) electrons. The van der Waals surface area contributed by atoms with Gasteiger partial charge in [0, 0.05) is 31.4 Å². The SMILES string of the molecule is Cc1cc(CNC(C)c2ccc(N3CCC(O)CC3)cc2)ccc1F. The number of nitrogens with one attached hydrogen (secondary N) is 1. The molecule has 2 aromatic rings. The highest BCUT2D eigenvalue weighted by molar-refractivity contribution is 5.48. The molecule has 2 N–H and O–H groups in total. The summed E-state index contributed by atoms with van der Waals surface area (Å²) in [5, 5.41) is 13.1. The molecule has 0 saturated carbocycles. The molecule has 3 nitrogen and oxygen atoms in total. The van der Waals surface area contributed by atoms with Crippen molar-refractivity contribution in [1.29, 1.82) is 0 Å². The minimum Gasteiger partial charge on any atom is -0.393 e. The van der Waals surface area contributed by atoms with E-state index in [2.05, 4.69) is 41.4 Å². The molecule has 1 aliphatic heterocycles. The van der Waals surface area contributed by atoms with E-state index in [9.17, 15) is 9.50 Å². The van der Waals surface area contributed by atoms with Crippen LogP contribution in [-0.2, 0) is 6.54 Å². The largest absolute Gasteiger partial charge is 0.393 e. The lowest BCUT2D eigenvalue weighted by Crippen LogP contribution is -2.35. The summed E-state index contributed by atoms with van der Waals surface area (Å²) in [5.41, 5.74) is 4.23. The van der Waals surface area contributed by atoms with Crippen LogP contribution in [0.1, 0.15) is 42.5 Å². The molecule has 134 valence electrons. The van der Waals surface area contributed by atoms with Gasteiger partial charge in [-0.3, -0.25) is 0 Å². The van der Waals surface area contributed by atoms with Gasteiger partial charge < -0.3 is 15.3 Å². The molecule has 0 aromatic heterocycles. The Balaban J connectivity index is 1.57. The maximum absolute atomic E-state index is 13.3. The number of anilines is 1. The summed E-state index contributed by atoms with van der Waals surface area (Å²) in [5.74, 6) is -0.155. The predicted octanol–water partition coefficient (Wildman–Crippen LogP) is 3.95. The summed E-state index contributed by atoms with van der Waals surface area (Å²) in [6.45, 7) is 6.48. The number of aryl methyl sites for hydroxylation is 1. The molecule has 0 aliphatic carbocycles. The second-order valence-corrected chi connectivity index (χ2v) is 7.00. The molecule has 4 heteroatoms. The second kappa shape index (κ2) is 7.98. The lowest BCUT2D eigenvalue weighted by atomic mass is 10.0. The first-order chi connectivity index (χ1) is 12.0. The topological polar surface area (TPSA) is 35.5 Å².